The van der Waals surface area contributed by atoms with Crippen molar-refractivity contribution in [2.75, 3.05) is 6.61 Å². The van der Waals surface area contributed by atoms with Gasteiger partial charge in [0.1, 0.15) is 5.75 Å². The van der Waals surface area contributed by atoms with Crippen LogP contribution in [0.5, 0.6) is 5.75 Å². The molecule has 1 aromatic rings. The van der Waals surface area contributed by atoms with Crippen molar-refractivity contribution in [2.24, 2.45) is 17.6 Å². The quantitative estimate of drug-likeness (QED) is 0.907. The molecule has 1 aliphatic heterocycles. The minimum Gasteiger partial charge on any atom is -0.493 e. The van der Waals surface area contributed by atoms with Crippen LogP contribution in [-0.2, 0) is 12.8 Å². The van der Waals surface area contributed by atoms with Crippen molar-refractivity contribution < 1.29 is 4.74 Å². The first-order valence-electron chi connectivity index (χ1n) is 8.22. The molecular weight excluding hydrogens is 246 g/mol. The maximum absolute atomic E-state index is 6.43. The normalized spacial score (nSPS) is 26.9. The van der Waals surface area contributed by atoms with Crippen molar-refractivity contribution in [1.29, 1.82) is 0 Å². The van der Waals surface area contributed by atoms with E-state index in [1.54, 1.807) is 0 Å². The van der Waals surface area contributed by atoms with E-state index in [0.29, 0.717) is 6.04 Å². The number of rotatable bonds is 4. The Morgan fingerprint density at radius 1 is 1.25 bits per heavy atom. The summed E-state index contributed by atoms with van der Waals surface area (Å²) in [4.78, 5) is 0. The molecule has 0 saturated heterocycles. The van der Waals surface area contributed by atoms with Crippen LogP contribution in [0.2, 0.25) is 0 Å². The molecule has 2 N–H and O–H groups in total. The predicted octanol–water partition coefficient (Wildman–Crippen LogP) is 3.71. The molecule has 0 amide bonds. The highest BCUT2D eigenvalue weighted by molar-refractivity contribution is 5.39. The van der Waals surface area contributed by atoms with Crippen molar-refractivity contribution >= 4 is 0 Å². The standard InChI is InChI=1S/C18H27NO/c1-13-2-6-15(7-3-13)17(19)8-4-14-5-9-18-16(12-14)10-11-20-18/h5,9,12-13,15,17H,2-4,6-8,10-11,19H2,1H3. The maximum atomic E-state index is 6.43. The molecule has 110 valence electrons. The van der Waals surface area contributed by atoms with Crippen molar-refractivity contribution in [3.63, 3.8) is 0 Å². The van der Waals surface area contributed by atoms with Crippen LogP contribution >= 0.6 is 0 Å². The Labute approximate surface area is 122 Å². The van der Waals surface area contributed by atoms with Gasteiger partial charge >= 0.3 is 0 Å². The lowest BCUT2D eigenvalue weighted by Gasteiger charge is -2.30. The maximum Gasteiger partial charge on any atom is 0.122 e. The van der Waals surface area contributed by atoms with Crippen LogP contribution in [0, 0.1) is 11.8 Å². The van der Waals surface area contributed by atoms with Crippen LogP contribution in [0.1, 0.15) is 50.2 Å². The topological polar surface area (TPSA) is 35.2 Å². The lowest BCUT2D eigenvalue weighted by molar-refractivity contribution is 0.248. The molecule has 1 heterocycles. The largest absolute Gasteiger partial charge is 0.493 e. The number of ether oxygens (including phenoxy) is 1. The summed E-state index contributed by atoms with van der Waals surface area (Å²) in [6, 6.07) is 7.04. The summed E-state index contributed by atoms with van der Waals surface area (Å²) < 4.78 is 5.56. The van der Waals surface area contributed by atoms with E-state index in [1.807, 2.05) is 0 Å². The zero-order valence-corrected chi connectivity index (χ0v) is 12.6. The zero-order valence-electron chi connectivity index (χ0n) is 12.6. The number of aryl methyl sites for hydroxylation is 1. The van der Waals surface area contributed by atoms with E-state index >= 15 is 0 Å². The summed E-state index contributed by atoms with van der Waals surface area (Å²) in [7, 11) is 0. The number of fused-ring (bicyclic) bond motifs is 1. The predicted molar refractivity (Wildman–Crippen MR) is 83.1 cm³/mol. The van der Waals surface area contributed by atoms with E-state index in [1.165, 1.54) is 36.8 Å². The fourth-order valence-electron chi connectivity index (χ4n) is 3.68. The lowest BCUT2D eigenvalue weighted by Crippen LogP contribution is -2.33. The number of hydrogen-bond donors (Lipinski definition) is 1. The van der Waals surface area contributed by atoms with Crippen molar-refractivity contribution in [2.45, 2.75) is 57.9 Å². The third-order valence-electron chi connectivity index (χ3n) is 5.19. The lowest BCUT2D eigenvalue weighted by atomic mass is 9.78. The van der Waals surface area contributed by atoms with Crippen LogP contribution in [0.25, 0.3) is 0 Å². The second-order valence-corrected chi connectivity index (χ2v) is 6.76. The second-order valence-electron chi connectivity index (χ2n) is 6.76. The van der Waals surface area contributed by atoms with E-state index in [0.717, 1.165) is 43.5 Å². The highest BCUT2D eigenvalue weighted by Gasteiger charge is 2.23. The molecule has 20 heavy (non-hydrogen) atoms. The van der Waals surface area contributed by atoms with Gasteiger partial charge in [0.2, 0.25) is 0 Å². The third-order valence-corrected chi connectivity index (χ3v) is 5.19. The van der Waals surface area contributed by atoms with Crippen molar-refractivity contribution in [3.05, 3.63) is 29.3 Å². The van der Waals surface area contributed by atoms with Crippen LogP contribution in [0.4, 0.5) is 0 Å². The van der Waals surface area contributed by atoms with E-state index in [-0.39, 0.29) is 0 Å². The minimum atomic E-state index is 0.381. The Hall–Kier alpha value is -1.02. The number of hydrogen-bond acceptors (Lipinski definition) is 2. The van der Waals surface area contributed by atoms with Gasteiger partial charge in [-0.25, -0.2) is 0 Å². The van der Waals surface area contributed by atoms with E-state index in [4.69, 9.17) is 10.5 Å². The first-order valence-corrected chi connectivity index (χ1v) is 8.22. The molecule has 3 rings (SSSR count). The zero-order chi connectivity index (χ0) is 13.9. The summed E-state index contributed by atoms with van der Waals surface area (Å²) in [5.74, 6) is 2.75. The van der Waals surface area contributed by atoms with E-state index in [2.05, 4.69) is 25.1 Å². The Morgan fingerprint density at radius 3 is 2.85 bits per heavy atom. The Balaban J connectivity index is 1.51. The van der Waals surface area contributed by atoms with Crippen LogP contribution < -0.4 is 10.5 Å². The molecule has 1 aromatic carbocycles. The fraction of sp³-hybridized carbons (Fsp3) is 0.667. The Morgan fingerprint density at radius 2 is 2.05 bits per heavy atom. The van der Waals surface area contributed by atoms with Gasteiger partial charge in [-0.15, -0.1) is 0 Å². The van der Waals surface area contributed by atoms with Gasteiger partial charge in [0.15, 0.2) is 0 Å². The second kappa shape index (κ2) is 6.17. The van der Waals surface area contributed by atoms with Gasteiger partial charge in [-0.2, -0.15) is 0 Å². The Kier molecular flexibility index (Phi) is 4.30. The molecule has 1 saturated carbocycles. The third kappa shape index (κ3) is 3.17. The first kappa shape index (κ1) is 13.9. The monoisotopic (exact) mass is 273 g/mol. The SMILES string of the molecule is CC1CCC(C(N)CCc2ccc3c(c2)CCO3)CC1. The molecule has 1 atom stereocenters. The van der Waals surface area contributed by atoms with Crippen LogP contribution in [-0.4, -0.2) is 12.6 Å². The van der Waals surface area contributed by atoms with Gasteiger partial charge in [-0.3, -0.25) is 0 Å². The summed E-state index contributed by atoms with van der Waals surface area (Å²) in [5, 5.41) is 0. The molecule has 2 nitrogen and oxygen atoms in total. The van der Waals surface area contributed by atoms with E-state index in [9.17, 15) is 0 Å². The van der Waals surface area contributed by atoms with Gasteiger partial charge in [-0.05, 0) is 54.7 Å². The number of benzene rings is 1. The molecule has 0 bridgehead atoms. The summed E-state index contributed by atoms with van der Waals surface area (Å²) in [6.07, 6.45) is 8.71. The molecule has 0 spiro atoms. The van der Waals surface area contributed by atoms with Gasteiger partial charge in [0, 0.05) is 12.5 Å². The van der Waals surface area contributed by atoms with Crippen LogP contribution in [0.3, 0.4) is 0 Å². The van der Waals surface area contributed by atoms with Gasteiger partial charge in [0.05, 0.1) is 6.61 Å². The minimum absolute atomic E-state index is 0.381. The fourth-order valence-corrected chi connectivity index (χ4v) is 3.68. The Bertz CT molecular complexity index is 449. The van der Waals surface area contributed by atoms with Crippen LogP contribution in [0.15, 0.2) is 18.2 Å². The highest BCUT2D eigenvalue weighted by atomic mass is 16.5. The van der Waals surface area contributed by atoms with Gasteiger partial charge in [0.25, 0.3) is 0 Å². The molecule has 0 aromatic heterocycles. The van der Waals surface area contributed by atoms with Crippen molar-refractivity contribution in [1.82, 2.24) is 0 Å². The molecule has 1 fully saturated rings. The smallest absolute Gasteiger partial charge is 0.122 e. The molecule has 1 aliphatic carbocycles. The molecule has 0 radical (unpaired) electrons. The molecule has 2 aliphatic rings. The highest BCUT2D eigenvalue weighted by Crippen LogP contribution is 2.31. The summed E-state index contributed by atoms with van der Waals surface area (Å²) in [6.45, 7) is 3.22. The van der Waals surface area contributed by atoms with Gasteiger partial charge < -0.3 is 10.5 Å². The first-order chi connectivity index (χ1) is 9.72. The van der Waals surface area contributed by atoms with Gasteiger partial charge in [-0.1, -0.05) is 31.9 Å². The molecule has 1 unspecified atom stereocenters. The van der Waals surface area contributed by atoms with E-state index < -0.39 is 0 Å². The summed E-state index contributed by atoms with van der Waals surface area (Å²) in [5.41, 5.74) is 9.23. The van der Waals surface area contributed by atoms with Crippen molar-refractivity contribution in [3.8, 4) is 5.75 Å². The number of nitrogens with two attached hydrogens (primary N) is 1. The average molecular weight is 273 g/mol. The molecular formula is C18H27NO. The summed E-state index contributed by atoms with van der Waals surface area (Å²) >= 11 is 0. The average Bonchev–Trinajstić information content (AvgIpc) is 2.93. The molecule has 2 heteroatoms.